The average Bonchev–Trinajstić information content (AvgIpc) is 3.20. The molecular weight excluding hydrogens is 240 g/mol. The number of nitrogens with one attached hydrogen (secondary N) is 1. The molecule has 2 unspecified atom stereocenters. The van der Waals surface area contributed by atoms with Crippen LogP contribution in [0.2, 0.25) is 0 Å². The minimum absolute atomic E-state index is 0.637. The lowest BCUT2D eigenvalue weighted by Gasteiger charge is -2.31. The Morgan fingerprint density at radius 2 is 2.11 bits per heavy atom. The maximum atomic E-state index is 11.5. The van der Waals surface area contributed by atoms with Crippen LogP contribution in [-0.4, -0.2) is 47.7 Å². The summed E-state index contributed by atoms with van der Waals surface area (Å²) in [5.41, 5.74) is -0.738. The fraction of sp³-hybridized carbons (Fsp3) is 0.933. The Bertz CT molecular complexity index is 292. The van der Waals surface area contributed by atoms with E-state index in [0.717, 1.165) is 18.9 Å². The minimum Gasteiger partial charge on any atom is -0.480 e. The van der Waals surface area contributed by atoms with Crippen molar-refractivity contribution in [1.29, 1.82) is 0 Å². The molecule has 1 rings (SSSR count). The summed E-state index contributed by atoms with van der Waals surface area (Å²) in [7, 11) is 2.16. The number of likely N-dealkylation sites (N-methyl/N-ethyl adjacent to an activating group) is 1. The summed E-state index contributed by atoms with van der Waals surface area (Å²) in [4.78, 5) is 13.9. The first-order valence-electron chi connectivity index (χ1n) is 7.65. The zero-order valence-electron chi connectivity index (χ0n) is 12.9. The van der Waals surface area contributed by atoms with E-state index >= 15 is 0 Å². The summed E-state index contributed by atoms with van der Waals surface area (Å²) in [5, 5.41) is 12.6. The number of carboxylic acid groups (broad SMARTS) is 1. The molecule has 0 aromatic carbocycles. The fourth-order valence-electron chi connectivity index (χ4n) is 2.83. The Kier molecular flexibility index (Phi) is 6.27. The van der Waals surface area contributed by atoms with Crippen molar-refractivity contribution in [2.45, 2.75) is 64.5 Å². The van der Waals surface area contributed by atoms with E-state index in [1.165, 1.54) is 12.8 Å². The van der Waals surface area contributed by atoms with Gasteiger partial charge in [-0.15, -0.1) is 0 Å². The number of hydrogen-bond donors (Lipinski definition) is 2. The molecule has 0 aliphatic heterocycles. The van der Waals surface area contributed by atoms with Gasteiger partial charge in [0.25, 0.3) is 0 Å². The standard InChI is InChI=1S/C15H30N2O2/c1-5-15(14(18)19,16-6-2)10-7-11-17(4)12(3)13-8-9-13/h12-13,16H,5-11H2,1-4H3,(H,18,19). The van der Waals surface area contributed by atoms with Gasteiger partial charge in [-0.05, 0) is 65.1 Å². The number of nitrogens with zero attached hydrogens (tertiary/aromatic N) is 1. The summed E-state index contributed by atoms with van der Waals surface area (Å²) >= 11 is 0. The van der Waals surface area contributed by atoms with Crippen LogP contribution in [0, 0.1) is 5.92 Å². The number of aliphatic carboxylic acids is 1. The van der Waals surface area contributed by atoms with Gasteiger partial charge in [-0.1, -0.05) is 13.8 Å². The van der Waals surface area contributed by atoms with Crippen molar-refractivity contribution in [1.82, 2.24) is 10.2 Å². The maximum Gasteiger partial charge on any atom is 0.323 e. The summed E-state index contributed by atoms with van der Waals surface area (Å²) in [6.07, 6.45) is 4.99. The number of carbonyl (C=O) groups is 1. The van der Waals surface area contributed by atoms with Crippen LogP contribution in [0.3, 0.4) is 0 Å². The van der Waals surface area contributed by atoms with Gasteiger partial charge in [-0.3, -0.25) is 4.79 Å². The van der Waals surface area contributed by atoms with Crippen LogP contribution in [0.15, 0.2) is 0 Å². The van der Waals surface area contributed by atoms with Crippen LogP contribution >= 0.6 is 0 Å². The van der Waals surface area contributed by atoms with Crippen molar-refractivity contribution in [3.63, 3.8) is 0 Å². The predicted octanol–water partition coefficient (Wildman–Crippen LogP) is 2.34. The molecule has 2 atom stereocenters. The van der Waals surface area contributed by atoms with Crippen molar-refractivity contribution < 1.29 is 9.90 Å². The molecule has 1 aliphatic carbocycles. The monoisotopic (exact) mass is 270 g/mol. The third-order valence-corrected chi connectivity index (χ3v) is 4.64. The van der Waals surface area contributed by atoms with Crippen LogP contribution < -0.4 is 5.32 Å². The van der Waals surface area contributed by atoms with Gasteiger partial charge in [0.15, 0.2) is 0 Å². The largest absolute Gasteiger partial charge is 0.480 e. The fourth-order valence-corrected chi connectivity index (χ4v) is 2.83. The molecule has 0 aromatic heterocycles. The normalized spacial score (nSPS) is 20.3. The molecule has 0 radical (unpaired) electrons. The molecule has 0 spiro atoms. The molecule has 2 N–H and O–H groups in total. The zero-order valence-corrected chi connectivity index (χ0v) is 12.9. The van der Waals surface area contributed by atoms with Crippen molar-refractivity contribution in [3.8, 4) is 0 Å². The molecule has 0 bridgehead atoms. The van der Waals surface area contributed by atoms with Crippen LogP contribution in [-0.2, 0) is 4.79 Å². The Labute approximate surface area is 117 Å². The van der Waals surface area contributed by atoms with E-state index in [9.17, 15) is 9.90 Å². The highest BCUT2D eigenvalue weighted by atomic mass is 16.4. The molecule has 1 saturated carbocycles. The van der Waals surface area contributed by atoms with Crippen molar-refractivity contribution in [2.75, 3.05) is 20.1 Å². The van der Waals surface area contributed by atoms with Crippen LogP contribution in [0.25, 0.3) is 0 Å². The van der Waals surface area contributed by atoms with Gasteiger partial charge in [-0.2, -0.15) is 0 Å². The van der Waals surface area contributed by atoms with Gasteiger partial charge in [-0.25, -0.2) is 0 Å². The van der Waals surface area contributed by atoms with Gasteiger partial charge < -0.3 is 15.3 Å². The number of carboxylic acids is 1. The highest BCUT2D eigenvalue weighted by Crippen LogP contribution is 2.34. The van der Waals surface area contributed by atoms with E-state index in [-0.39, 0.29) is 0 Å². The number of rotatable bonds is 10. The lowest BCUT2D eigenvalue weighted by Crippen LogP contribution is -2.52. The van der Waals surface area contributed by atoms with E-state index < -0.39 is 11.5 Å². The molecule has 4 heteroatoms. The third-order valence-electron chi connectivity index (χ3n) is 4.64. The Morgan fingerprint density at radius 3 is 2.53 bits per heavy atom. The second-order valence-corrected chi connectivity index (χ2v) is 5.93. The topological polar surface area (TPSA) is 52.6 Å². The van der Waals surface area contributed by atoms with Crippen molar-refractivity contribution in [3.05, 3.63) is 0 Å². The van der Waals surface area contributed by atoms with Crippen LogP contribution in [0.5, 0.6) is 0 Å². The molecule has 4 nitrogen and oxygen atoms in total. The van der Waals surface area contributed by atoms with Gasteiger partial charge in [0, 0.05) is 6.04 Å². The highest BCUT2D eigenvalue weighted by Gasteiger charge is 2.35. The molecular formula is C15H30N2O2. The van der Waals surface area contributed by atoms with Gasteiger partial charge in [0.05, 0.1) is 0 Å². The first-order valence-corrected chi connectivity index (χ1v) is 7.65. The molecule has 19 heavy (non-hydrogen) atoms. The SMILES string of the molecule is CCNC(CC)(CCCN(C)C(C)C1CC1)C(=O)O. The molecule has 0 amide bonds. The highest BCUT2D eigenvalue weighted by molar-refractivity contribution is 5.78. The second-order valence-electron chi connectivity index (χ2n) is 5.93. The van der Waals surface area contributed by atoms with Crippen molar-refractivity contribution in [2.24, 2.45) is 5.92 Å². The lowest BCUT2D eigenvalue weighted by molar-refractivity contribution is -0.145. The van der Waals surface area contributed by atoms with Gasteiger partial charge in [0.2, 0.25) is 0 Å². The molecule has 1 fully saturated rings. The summed E-state index contributed by atoms with van der Waals surface area (Å²) in [5.74, 6) is 0.156. The first kappa shape index (κ1) is 16.4. The first-order chi connectivity index (χ1) is 8.96. The van der Waals surface area contributed by atoms with Gasteiger partial charge >= 0.3 is 5.97 Å². The van der Waals surface area contributed by atoms with Crippen LogP contribution in [0.4, 0.5) is 0 Å². The Hall–Kier alpha value is -0.610. The molecule has 112 valence electrons. The van der Waals surface area contributed by atoms with E-state index in [0.29, 0.717) is 25.4 Å². The van der Waals surface area contributed by atoms with Crippen molar-refractivity contribution >= 4 is 5.97 Å². The summed E-state index contributed by atoms with van der Waals surface area (Å²) in [6, 6.07) is 0.639. The molecule has 0 aromatic rings. The lowest BCUT2D eigenvalue weighted by atomic mass is 9.90. The van der Waals surface area contributed by atoms with E-state index in [2.05, 4.69) is 24.2 Å². The maximum absolute atomic E-state index is 11.5. The predicted molar refractivity (Wildman–Crippen MR) is 78.4 cm³/mol. The Morgan fingerprint density at radius 1 is 1.47 bits per heavy atom. The van der Waals surface area contributed by atoms with E-state index in [1.807, 2.05) is 13.8 Å². The molecule has 1 aliphatic rings. The average molecular weight is 270 g/mol. The smallest absolute Gasteiger partial charge is 0.323 e. The summed E-state index contributed by atoms with van der Waals surface area (Å²) < 4.78 is 0. The van der Waals surface area contributed by atoms with E-state index in [1.54, 1.807) is 0 Å². The molecule has 0 heterocycles. The third kappa shape index (κ3) is 4.46. The zero-order chi connectivity index (χ0) is 14.5. The van der Waals surface area contributed by atoms with Crippen LogP contribution in [0.1, 0.15) is 52.9 Å². The number of hydrogen-bond acceptors (Lipinski definition) is 3. The summed E-state index contributed by atoms with van der Waals surface area (Å²) in [6.45, 7) is 7.89. The van der Waals surface area contributed by atoms with Gasteiger partial charge in [0.1, 0.15) is 5.54 Å². The Balaban J connectivity index is 2.40. The minimum atomic E-state index is -0.738. The van der Waals surface area contributed by atoms with E-state index in [4.69, 9.17) is 0 Å². The quantitative estimate of drug-likeness (QED) is 0.640. The second kappa shape index (κ2) is 7.25. The molecule has 0 saturated heterocycles.